The molecule has 1 saturated heterocycles. The number of nitrogens with zero attached hydrogens (tertiary/aromatic N) is 2. The topological polar surface area (TPSA) is 59.0 Å². The molecule has 0 aliphatic carbocycles. The van der Waals surface area contributed by atoms with Crippen LogP contribution in [0.1, 0.15) is 17.0 Å². The van der Waals surface area contributed by atoms with Crippen LogP contribution >= 0.6 is 39.7 Å². The number of halogens is 2. The molecule has 2 N–H and O–H groups in total. The molecule has 0 aromatic carbocycles. The first-order chi connectivity index (χ1) is 10.1. The number of aryl methyl sites for hydroxylation is 1. The maximum Gasteiger partial charge on any atom is 0.225 e. The van der Waals surface area contributed by atoms with E-state index in [-0.39, 0.29) is 30.2 Å². The molecule has 0 bridgehead atoms. The number of hydrogen-bond acceptors (Lipinski definition) is 4. The highest BCUT2D eigenvalue weighted by molar-refractivity contribution is 9.11. The van der Waals surface area contributed by atoms with Crippen molar-refractivity contribution in [3.63, 3.8) is 0 Å². The molecule has 1 fully saturated rings. The van der Waals surface area contributed by atoms with Gasteiger partial charge in [-0.1, -0.05) is 0 Å². The molecule has 0 saturated carbocycles. The second kappa shape index (κ2) is 7.59. The van der Waals surface area contributed by atoms with Gasteiger partial charge in [-0.2, -0.15) is 5.10 Å². The molecule has 1 aliphatic heterocycles. The molecule has 2 aromatic rings. The third-order valence-corrected chi connectivity index (χ3v) is 5.35. The van der Waals surface area contributed by atoms with Gasteiger partial charge >= 0.3 is 0 Å². The van der Waals surface area contributed by atoms with Crippen LogP contribution in [0, 0.1) is 5.92 Å². The number of carbonyl (C=O) groups is 1. The zero-order chi connectivity index (χ0) is 14.8. The van der Waals surface area contributed by atoms with E-state index < -0.39 is 0 Å². The van der Waals surface area contributed by atoms with Crippen molar-refractivity contribution in [2.24, 2.45) is 13.0 Å². The summed E-state index contributed by atoms with van der Waals surface area (Å²) in [5, 5.41) is 12.6. The summed E-state index contributed by atoms with van der Waals surface area (Å²) >= 11 is 5.06. The van der Waals surface area contributed by atoms with E-state index in [4.69, 9.17) is 0 Å². The van der Waals surface area contributed by atoms with Gasteiger partial charge in [0.1, 0.15) is 0 Å². The largest absolute Gasteiger partial charge is 0.352 e. The summed E-state index contributed by atoms with van der Waals surface area (Å²) in [6.45, 7) is 2.13. The number of amides is 1. The molecule has 5 nitrogen and oxygen atoms in total. The molecular weight excluding hydrogens is 388 g/mol. The summed E-state index contributed by atoms with van der Waals surface area (Å²) in [5.74, 6) is 0.278. The summed E-state index contributed by atoms with van der Waals surface area (Å²) in [5.41, 5.74) is 2.25. The van der Waals surface area contributed by atoms with E-state index in [9.17, 15) is 4.79 Å². The Morgan fingerprint density at radius 1 is 1.59 bits per heavy atom. The van der Waals surface area contributed by atoms with Gasteiger partial charge in [0, 0.05) is 38.8 Å². The molecule has 120 valence electrons. The van der Waals surface area contributed by atoms with E-state index in [0.717, 1.165) is 28.0 Å². The molecular formula is C14H18BrClN4OS. The normalized spacial score (nSPS) is 20.6. The Labute approximate surface area is 148 Å². The predicted octanol–water partition coefficient (Wildman–Crippen LogP) is 2.29. The lowest BCUT2D eigenvalue weighted by Crippen LogP contribution is -2.33. The average Bonchev–Trinajstić information content (AvgIpc) is 3.16. The van der Waals surface area contributed by atoms with Crippen LogP contribution in [0.3, 0.4) is 0 Å². The van der Waals surface area contributed by atoms with Gasteiger partial charge in [0.15, 0.2) is 0 Å². The van der Waals surface area contributed by atoms with E-state index in [1.807, 2.05) is 25.5 Å². The highest BCUT2D eigenvalue weighted by atomic mass is 79.9. The number of carbonyl (C=O) groups excluding carboxylic acids is 1. The molecule has 8 heteroatoms. The van der Waals surface area contributed by atoms with E-state index >= 15 is 0 Å². The Kier molecular flexibility index (Phi) is 6.02. The molecule has 0 unspecified atom stereocenters. The van der Waals surface area contributed by atoms with Crippen molar-refractivity contribution < 1.29 is 4.79 Å². The zero-order valence-electron chi connectivity index (χ0n) is 12.1. The van der Waals surface area contributed by atoms with Crippen molar-refractivity contribution in [2.75, 3.05) is 13.1 Å². The predicted molar refractivity (Wildman–Crippen MR) is 93.4 cm³/mol. The van der Waals surface area contributed by atoms with Gasteiger partial charge in [-0.15, -0.1) is 23.7 Å². The van der Waals surface area contributed by atoms with Crippen molar-refractivity contribution in [1.82, 2.24) is 20.4 Å². The Bertz CT molecular complexity index is 644. The molecule has 3 rings (SSSR count). The summed E-state index contributed by atoms with van der Waals surface area (Å²) < 4.78 is 2.87. The van der Waals surface area contributed by atoms with Gasteiger partial charge in [0.25, 0.3) is 0 Å². The maximum atomic E-state index is 12.4. The van der Waals surface area contributed by atoms with Crippen molar-refractivity contribution >= 4 is 45.6 Å². The lowest BCUT2D eigenvalue weighted by Gasteiger charge is -2.16. The minimum atomic E-state index is -0.0312. The highest BCUT2D eigenvalue weighted by Crippen LogP contribution is 2.28. The number of hydrogen-bond donors (Lipinski definition) is 2. The summed E-state index contributed by atoms with van der Waals surface area (Å²) in [6, 6.07) is 2.04. The second-order valence-electron chi connectivity index (χ2n) is 5.30. The van der Waals surface area contributed by atoms with Crippen LogP contribution in [0.2, 0.25) is 0 Å². The van der Waals surface area contributed by atoms with Crippen molar-refractivity contribution in [1.29, 1.82) is 0 Å². The molecule has 2 atom stereocenters. The zero-order valence-corrected chi connectivity index (χ0v) is 15.3. The van der Waals surface area contributed by atoms with Crippen LogP contribution in [-0.2, 0) is 18.4 Å². The first-order valence-electron chi connectivity index (χ1n) is 6.83. The molecule has 0 spiro atoms. The average molecular weight is 406 g/mol. The first kappa shape index (κ1) is 17.5. The quantitative estimate of drug-likeness (QED) is 0.820. The van der Waals surface area contributed by atoms with Crippen LogP contribution in [0.15, 0.2) is 27.6 Å². The van der Waals surface area contributed by atoms with Crippen LogP contribution in [0.5, 0.6) is 0 Å². The van der Waals surface area contributed by atoms with Crippen molar-refractivity contribution in [2.45, 2.75) is 12.5 Å². The van der Waals surface area contributed by atoms with Crippen molar-refractivity contribution in [3.05, 3.63) is 38.8 Å². The van der Waals surface area contributed by atoms with Gasteiger partial charge in [0.2, 0.25) is 5.91 Å². The molecule has 3 heterocycles. The smallest absolute Gasteiger partial charge is 0.225 e. The van der Waals surface area contributed by atoms with Gasteiger partial charge in [-0.25, -0.2) is 0 Å². The van der Waals surface area contributed by atoms with Crippen molar-refractivity contribution in [3.8, 4) is 0 Å². The van der Waals surface area contributed by atoms with Gasteiger partial charge < -0.3 is 10.6 Å². The maximum absolute atomic E-state index is 12.4. The lowest BCUT2D eigenvalue weighted by atomic mass is 9.90. The third kappa shape index (κ3) is 3.90. The fraction of sp³-hybridized carbons (Fsp3) is 0.429. The molecule has 0 radical (unpaired) electrons. The molecule has 1 aliphatic rings. The number of nitrogens with one attached hydrogen (secondary N) is 2. The lowest BCUT2D eigenvalue weighted by molar-refractivity contribution is -0.125. The second-order valence-corrected chi connectivity index (χ2v) is 7.59. The monoisotopic (exact) mass is 404 g/mol. The number of rotatable bonds is 4. The Balaban J connectivity index is 0.00000176. The standard InChI is InChI=1S/C14H17BrN4OS.ClH/c1-19-7-10(4-18-19)11-5-16-6-12(11)14(20)17-3-9-2-13(15)21-8-9;/h2,4,7-8,11-12,16H,3,5-6H2,1H3,(H,17,20);1H/t11-,12+;/m1./s1. The fourth-order valence-corrected chi connectivity index (χ4v) is 3.90. The van der Waals surface area contributed by atoms with Crippen LogP contribution in [-0.4, -0.2) is 28.8 Å². The highest BCUT2D eigenvalue weighted by Gasteiger charge is 2.34. The van der Waals surface area contributed by atoms with Gasteiger partial charge in [0.05, 0.1) is 15.9 Å². The van der Waals surface area contributed by atoms with Crippen LogP contribution in [0.25, 0.3) is 0 Å². The van der Waals surface area contributed by atoms with Crippen LogP contribution < -0.4 is 10.6 Å². The molecule has 2 aromatic heterocycles. The SMILES string of the molecule is Cl.Cn1cc([C@H]2CNC[C@@H]2C(=O)NCc2csc(Br)c2)cn1. The van der Waals surface area contributed by atoms with Gasteiger partial charge in [-0.05, 0) is 38.5 Å². The number of thiophene rings is 1. The summed E-state index contributed by atoms with van der Waals surface area (Å²) in [4.78, 5) is 12.4. The first-order valence-corrected chi connectivity index (χ1v) is 8.50. The number of aromatic nitrogens is 2. The van der Waals surface area contributed by atoms with E-state index in [1.54, 1.807) is 16.0 Å². The summed E-state index contributed by atoms with van der Waals surface area (Å²) in [6.07, 6.45) is 3.85. The van der Waals surface area contributed by atoms with Crippen LogP contribution in [0.4, 0.5) is 0 Å². The molecule has 1 amide bonds. The minimum absolute atomic E-state index is 0. The Hall–Kier alpha value is -0.890. The third-order valence-electron chi connectivity index (χ3n) is 3.79. The van der Waals surface area contributed by atoms with Gasteiger partial charge in [-0.3, -0.25) is 9.48 Å². The van der Waals surface area contributed by atoms with E-state index in [1.165, 1.54) is 0 Å². The fourth-order valence-electron chi connectivity index (χ4n) is 2.69. The minimum Gasteiger partial charge on any atom is -0.352 e. The Morgan fingerprint density at radius 3 is 3.05 bits per heavy atom. The van der Waals surface area contributed by atoms with E-state index in [0.29, 0.717) is 6.54 Å². The summed E-state index contributed by atoms with van der Waals surface area (Å²) in [7, 11) is 1.90. The Morgan fingerprint density at radius 2 is 2.41 bits per heavy atom. The van der Waals surface area contributed by atoms with E-state index in [2.05, 4.69) is 37.0 Å². The molecule has 22 heavy (non-hydrogen) atoms.